The molecular weight excluding hydrogens is 348 g/mol. The molecule has 1 fully saturated rings. The molecule has 3 nitrogen and oxygen atoms in total. The summed E-state index contributed by atoms with van der Waals surface area (Å²) in [6, 6.07) is 4.15. The van der Waals surface area contributed by atoms with E-state index in [1.54, 1.807) is 12.3 Å². The van der Waals surface area contributed by atoms with Crippen LogP contribution in [0.4, 0.5) is 8.28 Å². The summed E-state index contributed by atoms with van der Waals surface area (Å²) < 4.78 is 28.1. The molecule has 0 aliphatic heterocycles. The van der Waals surface area contributed by atoms with Crippen molar-refractivity contribution < 1.29 is 8.28 Å². The third-order valence-corrected chi connectivity index (χ3v) is 4.48. The lowest BCUT2D eigenvalue weighted by Crippen LogP contribution is -2.12. The highest BCUT2D eigenvalue weighted by molar-refractivity contribution is 9.10. The molecule has 1 saturated carbocycles. The quantitative estimate of drug-likeness (QED) is 0.887. The summed E-state index contributed by atoms with van der Waals surface area (Å²) in [4.78, 5) is 0. The molecule has 1 unspecified atom stereocenters. The first-order valence-corrected chi connectivity index (χ1v) is 7.66. The first-order valence-electron chi connectivity index (χ1n) is 6.20. The van der Waals surface area contributed by atoms with Gasteiger partial charge < -0.3 is 5.73 Å². The number of rotatable bonds is 4. The number of hydrogen-bond acceptors (Lipinski definition) is 3. The van der Waals surface area contributed by atoms with Crippen LogP contribution in [0.1, 0.15) is 24.4 Å². The molecule has 2 N–H and O–H groups in total. The van der Waals surface area contributed by atoms with E-state index in [9.17, 15) is 8.28 Å². The van der Waals surface area contributed by atoms with Crippen molar-refractivity contribution in [1.82, 2.24) is 9.19 Å². The average molecular weight is 360 g/mol. The maximum atomic E-state index is 13.5. The zero-order valence-corrected chi connectivity index (χ0v) is 12.8. The smallest absolute Gasteiger partial charge is 0.187 e. The SMILES string of the molecule is NC(c1cn(SF)nc1-c1cc(F)ccc1Br)C1CC1. The lowest BCUT2D eigenvalue weighted by atomic mass is 10.00. The molecule has 20 heavy (non-hydrogen) atoms. The summed E-state index contributed by atoms with van der Waals surface area (Å²) in [5.74, 6) is 0.0416. The second kappa shape index (κ2) is 5.46. The van der Waals surface area contributed by atoms with Crippen LogP contribution < -0.4 is 5.73 Å². The summed E-state index contributed by atoms with van der Waals surface area (Å²) >= 11 is 3.38. The first kappa shape index (κ1) is 14.0. The van der Waals surface area contributed by atoms with E-state index in [0.29, 0.717) is 21.6 Å². The molecule has 7 heteroatoms. The molecule has 1 aromatic heterocycles. The minimum absolute atomic E-state index is 0.00100. The fourth-order valence-electron chi connectivity index (χ4n) is 2.24. The van der Waals surface area contributed by atoms with Crippen LogP contribution in [-0.2, 0) is 0 Å². The van der Waals surface area contributed by atoms with Crippen molar-refractivity contribution in [3.63, 3.8) is 0 Å². The summed E-state index contributed by atoms with van der Waals surface area (Å²) in [7, 11) is 0. The standard InChI is InChI=1S/C13H12BrF2N3S/c14-11-4-3-8(15)5-9(11)13-10(6-19(18-13)20-16)12(17)7-1-2-7/h3-7,12H,1-2,17H2. The van der Waals surface area contributed by atoms with Crippen molar-refractivity contribution in [2.24, 2.45) is 11.7 Å². The van der Waals surface area contributed by atoms with Gasteiger partial charge in [-0.05, 0) is 37.0 Å². The van der Waals surface area contributed by atoms with Gasteiger partial charge in [0.1, 0.15) is 5.82 Å². The Morgan fingerprint density at radius 2 is 2.20 bits per heavy atom. The van der Waals surface area contributed by atoms with Crippen LogP contribution in [-0.4, -0.2) is 9.19 Å². The molecule has 0 bridgehead atoms. The van der Waals surface area contributed by atoms with Gasteiger partial charge in [-0.1, -0.05) is 15.9 Å². The topological polar surface area (TPSA) is 43.8 Å². The Morgan fingerprint density at radius 3 is 2.85 bits per heavy atom. The van der Waals surface area contributed by atoms with E-state index in [4.69, 9.17) is 5.73 Å². The number of benzene rings is 1. The summed E-state index contributed by atoms with van der Waals surface area (Å²) in [6.45, 7) is 0. The minimum Gasteiger partial charge on any atom is -0.324 e. The van der Waals surface area contributed by atoms with Gasteiger partial charge in [-0.25, -0.2) is 4.39 Å². The van der Waals surface area contributed by atoms with E-state index in [1.165, 1.54) is 12.1 Å². The first-order chi connectivity index (χ1) is 9.60. The van der Waals surface area contributed by atoms with Crippen LogP contribution in [0.15, 0.2) is 28.9 Å². The van der Waals surface area contributed by atoms with E-state index >= 15 is 0 Å². The molecule has 0 amide bonds. The van der Waals surface area contributed by atoms with Crippen molar-refractivity contribution in [1.29, 1.82) is 0 Å². The second-order valence-corrected chi connectivity index (χ2v) is 6.26. The Bertz CT molecular complexity index is 643. The van der Waals surface area contributed by atoms with Gasteiger partial charge >= 0.3 is 0 Å². The van der Waals surface area contributed by atoms with E-state index in [1.807, 2.05) is 0 Å². The fourth-order valence-corrected chi connectivity index (χ4v) is 2.94. The molecule has 0 radical (unpaired) electrons. The van der Waals surface area contributed by atoms with Gasteiger partial charge in [-0.3, -0.25) is 0 Å². The van der Waals surface area contributed by atoms with Crippen LogP contribution in [0.2, 0.25) is 0 Å². The molecule has 1 aliphatic carbocycles. The summed E-state index contributed by atoms with van der Waals surface area (Å²) in [5, 5.41) is 4.16. The Hall–Kier alpha value is -0.920. The van der Waals surface area contributed by atoms with Gasteiger partial charge in [0.15, 0.2) is 12.3 Å². The van der Waals surface area contributed by atoms with Crippen LogP contribution >= 0.6 is 28.3 Å². The fraction of sp³-hybridized carbons (Fsp3) is 0.308. The monoisotopic (exact) mass is 359 g/mol. The molecule has 3 rings (SSSR count). The molecule has 106 valence electrons. The van der Waals surface area contributed by atoms with Crippen molar-refractivity contribution in [2.75, 3.05) is 0 Å². The number of aromatic nitrogens is 2. The molecule has 1 atom stereocenters. The third-order valence-electron chi connectivity index (χ3n) is 3.46. The maximum Gasteiger partial charge on any atom is 0.187 e. The Morgan fingerprint density at radius 1 is 1.45 bits per heavy atom. The van der Waals surface area contributed by atoms with Gasteiger partial charge in [-0.2, -0.15) is 9.19 Å². The predicted molar refractivity (Wildman–Crippen MR) is 79.1 cm³/mol. The lowest BCUT2D eigenvalue weighted by molar-refractivity contribution is 0.626. The van der Waals surface area contributed by atoms with Crippen molar-refractivity contribution in [2.45, 2.75) is 18.9 Å². The van der Waals surface area contributed by atoms with Crippen molar-refractivity contribution in [3.8, 4) is 11.3 Å². The number of nitrogens with two attached hydrogens (primary N) is 1. The molecular formula is C13H12BrF2N3S. The van der Waals surface area contributed by atoms with Crippen LogP contribution in [0.25, 0.3) is 11.3 Å². The van der Waals surface area contributed by atoms with Gasteiger partial charge in [0.2, 0.25) is 0 Å². The molecule has 1 heterocycles. The van der Waals surface area contributed by atoms with Crippen LogP contribution in [0.3, 0.4) is 0 Å². The highest BCUT2D eigenvalue weighted by Crippen LogP contribution is 2.43. The van der Waals surface area contributed by atoms with E-state index in [-0.39, 0.29) is 24.2 Å². The highest BCUT2D eigenvalue weighted by Gasteiger charge is 2.33. The second-order valence-electron chi connectivity index (χ2n) is 4.89. The van der Waals surface area contributed by atoms with Gasteiger partial charge in [0.05, 0.1) is 5.69 Å². The molecule has 0 spiro atoms. The zero-order valence-electron chi connectivity index (χ0n) is 10.4. The van der Waals surface area contributed by atoms with Crippen molar-refractivity contribution in [3.05, 3.63) is 40.2 Å². The Labute approximate surface area is 128 Å². The largest absolute Gasteiger partial charge is 0.324 e. The number of halogens is 3. The minimum atomic E-state index is -0.364. The number of hydrogen-bond donors (Lipinski definition) is 1. The van der Waals surface area contributed by atoms with Crippen LogP contribution in [0, 0.1) is 11.7 Å². The molecule has 0 saturated heterocycles. The van der Waals surface area contributed by atoms with E-state index < -0.39 is 0 Å². The molecule has 1 aromatic carbocycles. The third kappa shape index (κ3) is 2.62. The lowest BCUT2D eigenvalue weighted by Gasteiger charge is -2.11. The Balaban J connectivity index is 2.11. The van der Waals surface area contributed by atoms with Crippen LogP contribution in [0.5, 0.6) is 0 Å². The van der Waals surface area contributed by atoms with Gasteiger partial charge in [-0.15, -0.1) is 3.89 Å². The molecule has 2 aromatic rings. The zero-order chi connectivity index (χ0) is 14.3. The summed E-state index contributed by atoms with van der Waals surface area (Å²) in [6.07, 6.45) is 3.72. The van der Waals surface area contributed by atoms with E-state index in [2.05, 4.69) is 21.0 Å². The maximum absolute atomic E-state index is 13.5. The van der Waals surface area contributed by atoms with Gasteiger partial charge in [0.25, 0.3) is 0 Å². The van der Waals surface area contributed by atoms with E-state index in [0.717, 1.165) is 22.5 Å². The predicted octanol–water partition coefficient (Wildman–Crippen LogP) is 4.24. The highest BCUT2D eigenvalue weighted by atomic mass is 79.9. The average Bonchev–Trinajstić information content (AvgIpc) is 3.20. The number of nitrogens with zero attached hydrogens (tertiary/aromatic N) is 2. The van der Waals surface area contributed by atoms with Crippen molar-refractivity contribution >= 4 is 28.3 Å². The Kier molecular flexibility index (Phi) is 3.83. The molecule has 1 aliphatic rings. The van der Waals surface area contributed by atoms with Gasteiger partial charge in [0, 0.05) is 27.8 Å². The normalized spacial score (nSPS) is 16.4. The summed E-state index contributed by atoms with van der Waals surface area (Å²) in [5.41, 5.74) is 8.07.